The molecule has 1 aromatic rings. The topological polar surface area (TPSA) is 66.1 Å². The van der Waals surface area contributed by atoms with Crippen LogP contribution in [0.15, 0.2) is 9.95 Å². The molecule has 1 amide bonds. The summed E-state index contributed by atoms with van der Waals surface area (Å²) in [5.74, 6) is 1.60. The molecule has 1 aliphatic carbocycles. The van der Waals surface area contributed by atoms with Gasteiger partial charge in [0.1, 0.15) is 0 Å². The van der Waals surface area contributed by atoms with E-state index in [-0.39, 0.29) is 11.5 Å². The highest BCUT2D eigenvalue weighted by molar-refractivity contribution is 7.98. The van der Waals surface area contributed by atoms with Gasteiger partial charge in [0.25, 0.3) is 5.56 Å². The third-order valence-corrected chi connectivity index (χ3v) is 6.62. The molecule has 0 spiro atoms. The van der Waals surface area contributed by atoms with Crippen molar-refractivity contribution in [2.45, 2.75) is 70.0 Å². The van der Waals surface area contributed by atoms with Crippen LogP contribution >= 0.6 is 11.8 Å². The highest BCUT2D eigenvalue weighted by atomic mass is 32.2. The van der Waals surface area contributed by atoms with Crippen molar-refractivity contribution < 1.29 is 4.79 Å². The first-order valence-electron chi connectivity index (χ1n) is 9.44. The van der Waals surface area contributed by atoms with Crippen molar-refractivity contribution in [3.05, 3.63) is 21.6 Å². The van der Waals surface area contributed by atoms with E-state index in [1.54, 1.807) is 0 Å². The number of aromatic nitrogens is 2. The van der Waals surface area contributed by atoms with Crippen molar-refractivity contribution in [2.24, 2.45) is 11.8 Å². The molecular weight excluding hydrogens is 334 g/mol. The summed E-state index contributed by atoms with van der Waals surface area (Å²) in [4.78, 5) is 34.4. The number of carbonyl (C=O) groups is 1. The molecule has 1 aromatic heterocycles. The first-order valence-corrected chi connectivity index (χ1v) is 10.7. The van der Waals surface area contributed by atoms with Crippen molar-refractivity contribution in [2.75, 3.05) is 12.8 Å². The molecule has 5 nitrogen and oxygen atoms in total. The van der Waals surface area contributed by atoms with Crippen LogP contribution in [0, 0.1) is 18.8 Å². The van der Waals surface area contributed by atoms with Gasteiger partial charge < -0.3 is 9.88 Å². The summed E-state index contributed by atoms with van der Waals surface area (Å²) in [6.45, 7) is 5.07. The van der Waals surface area contributed by atoms with E-state index >= 15 is 0 Å². The van der Waals surface area contributed by atoms with Gasteiger partial charge in [0.15, 0.2) is 5.16 Å². The van der Waals surface area contributed by atoms with Gasteiger partial charge in [0.2, 0.25) is 5.91 Å². The standard InChI is InChI=1S/C19H29N3O2S/c1-12-10-11-22(16-7-5-4-6-14(12)16)17(23)9-8-15-13(2)20-19(25-3)21-18(15)24/h12,14,16H,4-11H2,1-3H3,(H,20,21,24). The average Bonchev–Trinajstić information content (AvgIpc) is 2.61. The zero-order valence-electron chi connectivity index (χ0n) is 15.5. The van der Waals surface area contributed by atoms with Crippen LogP contribution < -0.4 is 5.56 Å². The molecule has 1 N–H and O–H groups in total. The first kappa shape index (κ1) is 18.5. The number of nitrogens with one attached hydrogen (secondary N) is 1. The Hall–Kier alpha value is -1.30. The molecule has 1 aliphatic heterocycles. The van der Waals surface area contributed by atoms with Crippen LogP contribution in [0.4, 0.5) is 0 Å². The molecule has 0 aromatic carbocycles. The molecule has 6 heteroatoms. The Morgan fingerprint density at radius 3 is 2.80 bits per heavy atom. The van der Waals surface area contributed by atoms with Crippen molar-refractivity contribution in [3.63, 3.8) is 0 Å². The number of carbonyl (C=O) groups excluding carboxylic acids is 1. The van der Waals surface area contributed by atoms with Crippen LogP contribution in [0.25, 0.3) is 0 Å². The Balaban J connectivity index is 1.67. The van der Waals surface area contributed by atoms with E-state index in [1.807, 2.05) is 13.2 Å². The number of rotatable bonds is 4. The Bertz CT molecular complexity index is 688. The number of amides is 1. The average molecular weight is 364 g/mol. The number of nitrogens with zero attached hydrogens (tertiary/aromatic N) is 2. The predicted octanol–water partition coefficient (Wildman–Crippen LogP) is 3.16. The van der Waals surface area contributed by atoms with Gasteiger partial charge in [-0.05, 0) is 50.7 Å². The lowest BCUT2D eigenvalue weighted by molar-refractivity contribution is -0.139. The van der Waals surface area contributed by atoms with Gasteiger partial charge in [-0.1, -0.05) is 31.5 Å². The van der Waals surface area contributed by atoms with Crippen molar-refractivity contribution >= 4 is 17.7 Å². The van der Waals surface area contributed by atoms with E-state index in [4.69, 9.17) is 0 Å². The van der Waals surface area contributed by atoms with Gasteiger partial charge >= 0.3 is 0 Å². The summed E-state index contributed by atoms with van der Waals surface area (Å²) in [6, 6.07) is 0.418. The maximum Gasteiger partial charge on any atom is 0.254 e. The fourth-order valence-corrected chi connectivity index (χ4v) is 5.00. The molecule has 3 rings (SSSR count). The lowest BCUT2D eigenvalue weighted by atomic mass is 9.72. The fraction of sp³-hybridized carbons (Fsp3) is 0.737. The molecule has 1 saturated carbocycles. The van der Waals surface area contributed by atoms with Gasteiger partial charge in [-0.25, -0.2) is 4.98 Å². The van der Waals surface area contributed by atoms with Crippen molar-refractivity contribution in [1.29, 1.82) is 0 Å². The number of piperidine rings is 1. The number of fused-ring (bicyclic) bond motifs is 1. The SMILES string of the molecule is CSc1nc(C)c(CCC(=O)N2CCC(C)C3CCCCC32)c(=O)[nH]1. The molecule has 2 heterocycles. The quantitative estimate of drug-likeness (QED) is 0.659. The molecular formula is C19H29N3O2S. The highest BCUT2D eigenvalue weighted by Gasteiger charge is 2.39. The van der Waals surface area contributed by atoms with Crippen LogP contribution in [-0.4, -0.2) is 39.6 Å². The summed E-state index contributed by atoms with van der Waals surface area (Å²) in [5, 5.41) is 0.632. The first-order chi connectivity index (χ1) is 12.0. The number of hydrogen-bond acceptors (Lipinski definition) is 4. The Labute approximate surface area is 154 Å². The fourth-order valence-electron chi connectivity index (χ4n) is 4.57. The summed E-state index contributed by atoms with van der Waals surface area (Å²) in [7, 11) is 0. The lowest BCUT2D eigenvalue weighted by Crippen LogP contribution is -2.52. The smallest absolute Gasteiger partial charge is 0.254 e. The summed E-state index contributed by atoms with van der Waals surface area (Å²) in [5.41, 5.74) is 1.29. The molecule has 0 radical (unpaired) electrons. The Kier molecular flexibility index (Phi) is 5.87. The summed E-state index contributed by atoms with van der Waals surface area (Å²) >= 11 is 1.42. The number of H-pyrrole nitrogens is 1. The third-order valence-electron chi connectivity index (χ3n) is 6.04. The van der Waals surface area contributed by atoms with E-state index in [2.05, 4.69) is 21.8 Å². The zero-order valence-corrected chi connectivity index (χ0v) is 16.3. The molecule has 2 fully saturated rings. The minimum atomic E-state index is -0.104. The second-order valence-corrected chi connectivity index (χ2v) is 8.30. The second kappa shape index (κ2) is 7.94. The van der Waals surface area contributed by atoms with Crippen molar-refractivity contribution in [1.82, 2.24) is 14.9 Å². The van der Waals surface area contributed by atoms with Crippen LogP contribution in [-0.2, 0) is 11.2 Å². The van der Waals surface area contributed by atoms with Crippen LogP contribution in [0.2, 0.25) is 0 Å². The Morgan fingerprint density at radius 2 is 2.08 bits per heavy atom. The molecule has 25 heavy (non-hydrogen) atoms. The maximum absolute atomic E-state index is 12.9. The van der Waals surface area contributed by atoms with Gasteiger partial charge in [-0.2, -0.15) is 0 Å². The molecule has 3 unspecified atom stereocenters. The molecule has 1 saturated heterocycles. The predicted molar refractivity (Wildman–Crippen MR) is 101 cm³/mol. The number of hydrogen-bond donors (Lipinski definition) is 1. The largest absolute Gasteiger partial charge is 0.339 e. The lowest BCUT2D eigenvalue weighted by Gasteiger charge is -2.47. The molecule has 3 atom stereocenters. The van der Waals surface area contributed by atoms with Gasteiger partial charge in [-0.15, -0.1) is 0 Å². The number of likely N-dealkylation sites (tertiary alicyclic amines) is 1. The van der Waals surface area contributed by atoms with Crippen LogP contribution in [0.5, 0.6) is 0 Å². The third kappa shape index (κ3) is 3.94. The van der Waals surface area contributed by atoms with E-state index < -0.39 is 0 Å². The minimum Gasteiger partial charge on any atom is -0.339 e. The van der Waals surface area contributed by atoms with Crippen LogP contribution in [0.1, 0.15) is 56.7 Å². The van der Waals surface area contributed by atoms with E-state index in [1.165, 1.54) is 31.0 Å². The van der Waals surface area contributed by atoms with Gasteiger partial charge in [0.05, 0.1) is 0 Å². The number of aryl methyl sites for hydroxylation is 1. The maximum atomic E-state index is 12.9. The van der Waals surface area contributed by atoms with E-state index in [0.717, 1.165) is 31.0 Å². The highest BCUT2D eigenvalue weighted by Crippen LogP contribution is 2.39. The second-order valence-electron chi connectivity index (χ2n) is 7.51. The normalized spacial score (nSPS) is 26.4. The summed E-state index contributed by atoms with van der Waals surface area (Å²) < 4.78 is 0. The van der Waals surface area contributed by atoms with Crippen molar-refractivity contribution in [3.8, 4) is 0 Å². The molecule has 138 valence electrons. The zero-order chi connectivity index (χ0) is 18.0. The van der Waals surface area contributed by atoms with E-state index in [0.29, 0.717) is 35.5 Å². The monoisotopic (exact) mass is 363 g/mol. The van der Waals surface area contributed by atoms with E-state index in [9.17, 15) is 9.59 Å². The van der Waals surface area contributed by atoms with Crippen LogP contribution in [0.3, 0.4) is 0 Å². The number of aromatic amines is 1. The summed E-state index contributed by atoms with van der Waals surface area (Å²) in [6.07, 6.45) is 8.81. The number of thioether (sulfide) groups is 1. The Morgan fingerprint density at radius 1 is 1.32 bits per heavy atom. The van der Waals surface area contributed by atoms with Gasteiger partial charge in [0, 0.05) is 30.3 Å². The van der Waals surface area contributed by atoms with Gasteiger partial charge in [-0.3, -0.25) is 9.59 Å². The molecule has 2 aliphatic rings. The molecule has 0 bridgehead atoms. The minimum absolute atomic E-state index is 0.104.